The highest BCUT2D eigenvalue weighted by Gasteiger charge is 2.28. The van der Waals surface area contributed by atoms with Crippen LogP contribution in [0.25, 0.3) is 0 Å². The molecule has 34 heavy (non-hydrogen) atoms. The monoisotopic (exact) mass is 482 g/mol. The van der Waals surface area contributed by atoms with Crippen LogP contribution in [0.3, 0.4) is 0 Å². The van der Waals surface area contributed by atoms with Crippen LogP contribution in [0.15, 0.2) is 77.7 Å². The van der Waals surface area contributed by atoms with Gasteiger partial charge in [0.2, 0.25) is 15.9 Å². The molecule has 0 saturated carbocycles. The van der Waals surface area contributed by atoms with E-state index in [-0.39, 0.29) is 23.9 Å². The zero-order chi connectivity index (χ0) is 24.7. The summed E-state index contributed by atoms with van der Waals surface area (Å²) in [5.74, 6) is 0.934. The van der Waals surface area contributed by atoms with Crippen molar-refractivity contribution in [3.8, 4) is 11.5 Å². The van der Waals surface area contributed by atoms with Crippen molar-refractivity contribution in [1.29, 1.82) is 0 Å². The van der Waals surface area contributed by atoms with Gasteiger partial charge in [-0.2, -0.15) is 4.31 Å². The minimum absolute atomic E-state index is 0.124. The molecule has 180 valence electrons. The van der Waals surface area contributed by atoms with Crippen molar-refractivity contribution in [1.82, 2.24) is 4.31 Å². The van der Waals surface area contributed by atoms with E-state index in [4.69, 9.17) is 9.47 Å². The van der Waals surface area contributed by atoms with Crippen LogP contribution >= 0.6 is 0 Å². The maximum absolute atomic E-state index is 13.6. The molecule has 7 nitrogen and oxygen atoms in total. The first-order chi connectivity index (χ1) is 16.3. The largest absolute Gasteiger partial charge is 0.497 e. The van der Waals surface area contributed by atoms with Gasteiger partial charge >= 0.3 is 0 Å². The molecule has 0 aromatic heterocycles. The number of sulfonamides is 1. The molecule has 0 unspecified atom stereocenters. The van der Waals surface area contributed by atoms with Gasteiger partial charge in [-0.3, -0.25) is 4.79 Å². The molecular weight excluding hydrogens is 452 g/mol. The van der Waals surface area contributed by atoms with Crippen molar-refractivity contribution >= 4 is 21.6 Å². The molecule has 0 bridgehead atoms. The third-order valence-electron chi connectivity index (χ3n) is 5.64. The fourth-order valence-electron chi connectivity index (χ4n) is 3.55. The Morgan fingerprint density at radius 2 is 1.59 bits per heavy atom. The van der Waals surface area contributed by atoms with Gasteiger partial charge in [0.1, 0.15) is 11.5 Å². The number of nitrogens with zero attached hydrogens (tertiary/aromatic N) is 2. The number of aryl methyl sites for hydroxylation is 1. The number of amides is 1. The van der Waals surface area contributed by atoms with Crippen LogP contribution in [-0.2, 0) is 21.2 Å². The minimum atomic E-state index is -3.93. The van der Waals surface area contributed by atoms with E-state index in [9.17, 15) is 13.2 Å². The number of anilines is 1. The summed E-state index contributed by atoms with van der Waals surface area (Å²) in [4.78, 5) is 14.7. The Morgan fingerprint density at radius 3 is 2.18 bits per heavy atom. The number of carbonyl (C=O) groups excluding carboxylic acids is 1. The molecule has 3 rings (SSSR count). The maximum Gasteiger partial charge on any atom is 0.243 e. The lowest BCUT2D eigenvalue weighted by Gasteiger charge is -2.25. The number of carbonyl (C=O) groups is 1. The summed E-state index contributed by atoms with van der Waals surface area (Å²) in [6.45, 7) is 1.66. The lowest BCUT2D eigenvalue weighted by molar-refractivity contribution is -0.118. The van der Waals surface area contributed by atoms with E-state index in [1.165, 1.54) is 22.4 Å². The molecule has 0 fully saturated rings. The number of ether oxygens (including phenoxy) is 2. The third-order valence-corrected chi connectivity index (χ3v) is 7.48. The van der Waals surface area contributed by atoms with Gasteiger partial charge in [-0.05, 0) is 66.9 Å². The predicted molar refractivity (Wildman–Crippen MR) is 133 cm³/mol. The molecule has 0 aliphatic heterocycles. The molecule has 3 aromatic rings. The molecule has 0 aliphatic carbocycles. The summed E-state index contributed by atoms with van der Waals surface area (Å²) in [6.07, 6.45) is 0.481. The number of hydrogen-bond donors (Lipinski definition) is 0. The summed E-state index contributed by atoms with van der Waals surface area (Å²) in [6, 6.07) is 21.3. The smallest absolute Gasteiger partial charge is 0.243 e. The molecule has 0 saturated heterocycles. The fraction of sp³-hybridized carbons (Fsp3) is 0.269. The van der Waals surface area contributed by atoms with Crippen molar-refractivity contribution in [3.05, 3.63) is 83.9 Å². The van der Waals surface area contributed by atoms with Crippen LogP contribution in [-0.4, -0.2) is 53.0 Å². The SMILES string of the molecule is COc1ccc(N(C)C(=O)CN(CCc2ccccc2)S(=O)(=O)c2ccc(OC)c(C)c2)cc1. The Bertz CT molecular complexity index is 1210. The van der Waals surface area contributed by atoms with Crippen molar-refractivity contribution in [2.24, 2.45) is 0 Å². The van der Waals surface area contributed by atoms with Crippen molar-refractivity contribution < 1.29 is 22.7 Å². The predicted octanol–water partition coefficient (Wildman–Crippen LogP) is 3.91. The molecular formula is C26H30N2O5S. The molecule has 0 N–H and O–H groups in total. The number of rotatable bonds is 10. The second-order valence-corrected chi connectivity index (χ2v) is 9.79. The van der Waals surface area contributed by atoms with Gasteiger partial charge in [0.15, 0.2) is 0 Å². The van der Waals surface area contributed by atoms with Gasteiger partial charge in [-0.25, -0.2) is 8.42 Å². The highest BCUT2D eigenvalue weighted by molar-refractivity contribution is 7.89. The maximum atomic E-state index is 13.6. The van der Waals surface area contributed by atoms with Crippen molar-refractivity contribution in [2.75, 3.05) is 39.3 Å². The standard InChI is InChI=1S/C26H30N2O5S/c1-20-18-24(14-15-25(20)33-4)34(30,31)28(17-16-21-8-6-5-7-9-21)19-26(29)27(2)22-10-12-23(32-3)13-11-22/h5-15,18H,16-17,19H2,1-4H3. The Balaban J connectivity index is 1.87. The quantitative estimate of drug-likeness (QED) is 0.438. The molecule has 0 spiro atoms. The Hall–Kier alpha value is -3.36. The first kappa shape index (κ1) is 25.3. The van der Waals surface area contributed by atoms with Gasteiger partial charge in [0.05, 0.1) is 25.7 Å². The highest BCUT2D eigenvalue weighted by atomic mass is 32.2. The Morgan fingerprint density at radius 1 is 0.912 bits per heavy atom. The van der Waals surface area contributed by atoms with Crippen LogP contribution in [0.2, 0.25) is 0 Å². The van der Waals surface area contributed by atoms with Gasteiger partial charge < -0.3 is 14.4 Å². The summed E-state index contributed by atoms with van der Waals surface area (Å²) in [5.41, 5.74) is 2.34. The number of methoxy groups -OCH3 is 2. The van der Waals surface area contributed by atoms with Gasteiger partial charge in [0.25, 0.3) is 0 Å². The van der Waals surface area contributed by atoms with Crippen LogP contribution in [0.4, 0.5) is 5.69 Å². The van der Waals surface area contributed by atoms with Crippen molar-refractivity contribution in [2.45, 2.75) is 18.2 Å². The number of likely N-dealkylation sites (N-methyl/N-ethyl adjacent to an activating group) is 1. The average molecular weight is 483 g/mol. The average Bonchev–Trinajstić information content (AvgIpc) is 2.86. The number of benzene rings is 3. The lowest BCUT2D eigenvalue weighted by Crippen LogP contribution is -2.42. The zero-order valence-electron chi connectivity index (χ0n) is 19.9. The molecule has 8 heteroatoms. The van der Waals surface area contributed by atoms with Crippen LogP contribution < -0.4 is 14.4 Å². The van der Waals surface area contributed by atoms with Crippen LogP contribution in [0, 0.1) is 6.92 Å². The van der Waals surface area contributed by atoms with Crippen LogP contribution in [0.5, 0.6) is 11.5 Å². The first-order valence-corrected chi connectivity index (χ1v) is 12.3. The Kier molecular flexibility index (Phi) is 8.31. The summed E-state index contributed by atoms with van der Waals surface area (Å²) in [7, 11) is 0.806. The molecule has 3 aromatic carbocycles. The lowest BCUT2D eigenvalue weighted by atomic mass is 10.1. The molecule has 0 heterocycles. The Labute approximate surface area is 201 Å². The number of hydrogen-bond acceptors (Lipinski definition) is 5. The van der Waals surface area contributed by atoms with E-state index in [1.54, 1.807) is 57.5 Å². The van der Waals surface area contributed by atoms with Gasteiger partial charge in [-0.1, -0.05) is 30.3 Å². The van der Waals surface area contributed by atoms with E-state index in [0.29, 0.717) is 29.2 Å². The summed E-state index contributed by atoms with van der Waals surface area (Å²) in [5, 5.41) is 0. The third kappa shape index (κ3) is 5.95. The van der Waals surface area contributed by atoms with E-state index in [1.807, 2.05) is 30.3 Å². The van der Waals surface area contributed by atoms with Crippen LogP contribution in [0.1, 0.15) is 11.1 Å². The fourth-order valence-corrected chi connectivity index (χ4v) is 5.03. The normalized spacial score (nSPS) is 11.3. The second kappa shape index (κ2) is 11.2. The van der Waals surface area contributed by atoms with E-state index >= 15 is 0 Å². The van der Waals surface area contributed by atoms with Gasteiger partial charge in [-0.15, -0.1) is 0 Å². The molecule has 0 aliphatic rings. The zero-order valence-corrected chi connectivity index (χ0v) is 20.7. The van der Waals surface area contributed by atoms with E-state index in [0.717, 1.165) is 5.56 Å². The highest BCUT2D eigenvalue weighted by Crippen LogP contribution is 2.25. The minimum Gasteiger partial charge on any atom is -0.497 e. The first-order valence-electron chi connectivity index (χ1n) is 10.9. The summed E-state index contributed by atoms with van der Waals surface area (Å²) >= 11 is 0. The van der Waals surface area contributed by atoms with E-state index < -0.39 is 10.0 Å². The summed E-state index contributed by atoms with van der Waals surface area (Å²) < 4.78 is 38.8. The molecule has 0 radical (unpaired) electrons. The van der Waals surface area contributed by atoms with Crippen molar-refractivity contribution in [3.63, 3.8) is 0 Å². The molecule has 0 atom stereocenters. The second-order valence-electron chi connectivity index (χ2n) is 7.86. The van der Waals surface area contributed by atoms with E-state index in [2.05, 4.69) is 0 Å². The molecule has 1 amide bonds. The topological polar surface area (TPSA) is 76.2 Å². The van der Waals surface area contributed by atoms with Gasteiger partial charge in [0, 0.05) is 19.3 Å².